The van der Waals surface area contributed by atoms with Crippen LogP contribution in [0, 0.1) is 0 Å². The highest BCUT2D eigenvalue weighted by Gasteiger charge is 2.10. The highest BCUT2D eigenvalue weighted by Crippen LogP contribution is 2.25. The van der Waals surface area contributed by atoms with Crippen molar-refractivity contribution in [3.63, 3.8) is 0 Å². The first-order chi connectivity index (χ1) is 13.3. The normalized spacial score (nSPS) is 12.0. The Morgan fingerprint density at radius 1 is 1.14 bits per heavy atom. The lowest BCUT2D eigenvalue weighted by atomic mass is 10.1. The SMILES string of the molecule is CN=C(NCCc1cccc(C(=O)N(C)C)c1)NC(C)c1ccc(Cl)c(Cl)c1.I. The summed E-state index contributed by atoms with van der Waals surface area (Å²) in [5.74, 6) is 0.696. The van der Waals surface area contributed by atoms with Gasteiger partial charge in [0.05, 0.1) is 16.1 Å². The predicted molar refractivity (Wildman–Crippen MR) is 133 cm³/mol. The zero-order chi connectivity index (χ0) is 20.7. The van der Waals surface area contributed by atoms with Crippen molar-refractivity contribution >= 4 is 59.0 Å². The van der Waals surface area contributed by atoms with Gasteiger partial charge in [0.25, 0.3) is 5.91 Å². The largest absolute Gasteiger partial charge is 0.356 e. The number of amides is 1. The summed E-state index contributed by atoms with van der Waals surface area (Å²) < 4.78 is 0. The van der Waals surface area contributed by atoms with Crippen LogP contribution in [-0.2, 0) is 6.42 Å². The van der Waals surface area contributed by atoms with Crippen LogP contribution in [0.5, 0.6) is 0 Å². The molecule has 2 rings (SSSR count). The van der Waals surface area contributed by atoms with E-state index in [0.717, 1.165) is 17.5 Å². The van der Waals surface area contributed by atoms with E-state index in [1.54, 1.807) is 32.1 Å². The topological polar surface area (TPSA) is 56.7 Å². The molecule has 0 bridgehead atoms. The van der Waals surface area contributed by atoms with Gasteiger partial charge < -0.3 is 15.5 Å². The summed E-state index contributed by atoms with van der Waals surface area (Å²) in [6, 6.07) is 13.3. The summed E-state index contributed by atoms with van der Waals surface area (Å²) in [5.41, 5.74) is 2.80. The summed E-state index contributed by atoms with van der Waals surface area (Å²) in [5, 5.41) is 7.70. The number of aliphatic imine (C=N–C) groups is 1. The van der Waals surface area contributed by atoms with Crippen LogP contribution in [0.1, 0.15) is 34.5 Å². The molecule has 0 aliphatic carbocycles. The van der Waals surface area contributed by atoms with Gasteiger partial charge in [-0.25, -0.2) is 0 Å². The van der Waals surface area contributed by atoms with E-state index in [2.05, 4.69) is 15.6 Å². The Balaban J connectivity index is 0.00000420. The fourth-order valence-corrected chi connectivity index (χ4v) is 3.01. The quantitative estimate of drug-likeness (QED) is 0.310. The van der Waals surface area contributed by atoms with Crippen LogP contribution in [0.4, 0.5) is 0 Å². The molecule has 29 heavy (non-hydrogen) atoms. The second-order valence-corrected chi connectivity index (χ2v) is 7.50. The fourth-order valence-electron chi connectivity index (χ4n) is 2.71. The molecule has 1 unspecified atom stereocenters. The van der Waals surface area contributed by atoms with Gasteiger partial charge in [0.2, 0.25) is 0 Å². The fraction of sp³-hybridized carbons (Fsp3) is 0.333. The molecular weight excluding hydrogens is 522 g/mol. The standard InChI is InChI=1S/C21H26Cl2N4O.HI/c1-14(16-8-9-18(22)19(23)13-16)26-21(24-2)25-11-10-15-6-5-7-17(12-15)20(28)27(3)4;/h5-9,12-14H,10-11H2,1-4H3,(H2,24,25,26);1H. The van der Waals surface area contributed by atoms with Crippen LogP contribution in [0.15, 0.2) is 47.5 Å². The molecule has 0 aliphatic heterocycles. The first kappa shape index (κ1) is 25.5. The average molecular weight is 549 g/mol. The van der Waals surface area contributed by atoms with Gasteiger partial charge in [-0.15, -0.1) is 24.0 Å². The van der Waals surface area contributed by atoms with Gasteiger partial charge in [-0.3, -0.25) is 9.79 Å². The monoisotopic (exact) mass is 548 g/mol. The van der Waals surface area contributed by atoms with Crippen LogP contribution in [0.25, 0.3) is 0 Å². The van der Waals surface area contributed by atoms with Gasteiger partial charge in [0.15, 0.2) is 5.96 Å². The van der Waals surface area contributed by atoms with Crippen molar-refractivity contribution in [2.75, 3.05) is 27.7 Å². The molecule has 2 aromatic rings. The Morgan fingerprint density at radius 2 is 1.86 bits per heavy atom. The maximum atomic E-state index is 12.1. The van der Waals surface area contributed by atoms with Gasteiger partial charge >= 0.3 is 0 Å². The number of hydrogen-bond donors (Lipinski definition) is 2. The third-order valence-electron chi connectivity index (χ3n) is 4.31. The van der Waals surface area contributed by atoms with Crippen LogP contribution in [0.2, 0.25) is 10.0 Å². The van der Waals surface area contributed by atoms with Crippen molar-refractivity contribution < 1.29 is 4.79 Å². The zero-order valence-corrected chi connectivity index (χ0v) is 20.8. The molecule has 0 heterocycles. The number of rotatable bonds is 6. The summed E-state index contributed by atoms with van der Waals surface area (Å²) >= 11 is 12.1. The number of hydrogen-bond acceptors (Lipinski definition) is 2. The Kier molecular flexibility index (Phi) is 10.8. The number of nitrogens with one attached hydrogen (secondary N) is 2. The third kappa shape index (κ3) is 7.68. The van der Waals surface area contributed by atoms with E-state index in [1.807, 2.05) is 43.3 Å². The van der Waals surface area contributed by atoms with Crippen molar-refractivity contribution in [1.29, 1.82) is 0 Å². The lowest BCUT2D eigenvalue weighted by Crippen LogP contribution is -2.39. The molecule has 1 atom stereocenters. The number of carbonyl (C=O) groups is 1. The van der Waals surface area contributed by atoms with Crippen LogP contribution < -0.4 is 10.6 Å². The van der Waals surface area contributed by atoms with E-state index in [0.29, 0.717) is 28.1 Å². The van der Waals surface area contributed by atoms with Gasteiger partial charge in [-0.05, 0) is 48.7 Å². The van der Waals surface area contributed by atoms with Crippen molar-refractivity contribution in [3.8, 4) is 0 Å². The summed E-state index contributed by atoms with van der Waals surface area (Å²) in [4.78, 5) is 17.9. The molecule has 1 amide bonds. The van der Waals surface area contributed by atoms with Gasteiger partial charge in [0.1, 0.15) is 0 Å². The van der Waals surface area contributed by atoms with E-state index in [1.165, 1.54) is 0 Å². The highest BCUT2D eigenvalue weighted by molar-refractivity contribution is 14.0. The van der Waals surface area contributed by atoms with E-state index in [9.17, 15) is 4.79 Å². The Bertz CT molecular complexity index is 858. The molecule has 0 saturated heterocycles. The van der Waals surface area contributed by atoms with Gasteiger partial charge in [-0.2, -0.15) is 0 Å². The molecule has 158 valence electrons. The summed E-state index contributed by atoms with van der Waals surface area (Å²) in [6.07, 6.45) is 0.774. The van der Waals surface area contributed by atoms with Crippen molar-refractivity contribution in [1.82, 2.24) is 15.5 Å². The number of nitrogens with zero attached hydrogens (tertiary/aromatic N) is 2. The molecule has 5 nitrogen and oxygen atoms in total. The smallest absolute Gasteiger partial charge is 0.253 e. The maximum Gasteiger partial charge on any atom is 0.253 e. The Labute approximate surface area is 199 Å². The molecule has 0 aliphatic rings. The Morgan fingerprint density at radius 3 is 2.48 bits per heavy atom. The van der Waals surface area contributed by atoms with Crippen LogP contribution in [0.3, 0.4) is 0 Å². The third-order valence-corrected chi connectivity index (χ3v) is 5.05. The second kappa shape index (κ2) is 12.2. The van der Waals surface area contributed by atoms with Crippen molar-refractivity contribution in [2.24, 2.45) is 4.99 Å². The predicted octanol–water partition coefficient (Wildman–Crippen LogP) is 4.78. The zero-order valence-electron chi connectivity index (χ0n) is 17.0. The number of guanidine groups is 1. The highest BCUT2D eigenvalue weighted by atomic mass is 127. The number of halogens is 3. The molecular formula is C21H27Cl2IN4O. The van der Waals surface area contributed by atoms with E-state index in [-0.39, 0.29) is 35.9 Å². The molecule has 0 fully saturated rings. The van der Waals surface area contributed by atoms with Crippen LogP contribution in [-0.4, -0.2) is 44.5 Å². The molecule has 2 N–H and O–H groups in total. The second-order valence-electron chi connectivity index (χ2n) is 6.69. The van der Waals surface area contributed by atoms with Crippen molar-refractivity contribution in [2.45, 2.75) is 19.4 Å². The number of carbonyl (C=O) groups excluding carboxylic acids is 1. The van der Waals surface area contributed by atoms with Gasteiger partial charge in [0, 0.05) is 33.3 Å². The Hall–Kier alpha value is -1.51. The van der Waals surface area contributed by atoms with E-state index < -0.39 is 0 Å². The first-order valence-electron chi connectivity index (χ1n) is 9.04. The minimum Gasteiger partial charge on any atom is -0.356 e. The van der Waals surface area contributed by atoms with Gasteiger partial charge in [-0.1, -0.05) is 41.4 Å². The average Bonchev–Trinajstić information content (AvgIpc) is 2.68. The molecule has 0 spiro atoms. The van der Waals surface area contributed by atoms with Crippen LogP contribution >= 0.6 is 47.2 Å². The van der Waals surface area contributed by atoms with E-state index in [4.69, 9.17) is 23.2 Å². The van der Waals surface area contributed by atoms with Crippen molar-refractivity contribution in [3.05, 3.63) is 69.2 Å². The van der Waals surface area contributed by atoms with E-state index >= 15 is 0 Å². The lowest BCUT2D eigenvalue weighted by Gasteiger charge is -2.19. The molecule has 0 radical (unpaired) electrons. The maximum absolute atomic E-state index is 12.1. The molecule has 8 heteroatoms. The summed E-state index contributed by atoms with van der Waals surface area (Å²) in [7, 11) is 5.23. The minimum atomic E-state index is 0. The number of benzene rings is 2. The molecule has 2 aromatic carbocycles. The molecule has 0 saturated carbocycles. The minimum absolute atomic E-state index is 0. The first-order valence-corrected chi connectivity index (χ1v) is 9.80. The lowest BCUT2D eigenvalue weighted by molar-refractivity contribution is 0.0827. The molecule has 0 aromatic heterocycles. The summed E-state index contributed by atoms with van der Waals surface area (Å²) in [6.45, 7) is 2.72.